The van der Waals surface area contributed by atoms with E-state index in [1.807, 2.05) is 13.8 Å². The molecule has 16 heavy (non-hydrogen) atoms. The highest BCUT2D eigenvalue weighted by Crippen LogP contribution is 2.12. The smallest absolute Gasteiger partial charge is 0.137 e. The van der Waals surface area contributed by atoms with Crippen molar-refractivity contribution in [2.45, 2.75) is 47.0 Å². The lowest BCUT2D eigenvalue weighted by molar-refractivity contribution is 0.392. The Hall–Kier alpha value is -0.830. The summed E-state index contributed by atoms with van der Waals surface area (Å²) >= 11 is 0. The van der Waals surface area contributed by atoms with E-state index >= 15 is 0 Å². The summed E-state index contributed by atoms with van der Waals surface area (Å²) in [5.74, 6) is 1.77. The lowest BCUT2D eigenvalue weighted by Crippen LogP contribution is -2.24. The maximum atomic E-state index is 5.14. The van der Waals surface area contributed by atoms with E-state index in [4.69, 9.17) is 4.52 Å². The van der Waals surface area contributed by atoms with Gasteiger partial charge in [-0.05, 0) is 39.3 Å². The number of aromatic nitrogens is 1. The van der Waals surface area contributed by atoms with Crippen LogP contribution in [0.2, 0.25) is 0 Å². The van der Waals surface area contributed by atoms with Gasteiger partial charge in [0.25, 0.3) is 0 Å². The zero-order valence-electron chi connectivity index (χ0n) is 11.0. The van der Waals surface area contributed by atoms with Crippen LogP contribution < -0.4 is 5.32 Å². The molecule has 0 aliphatic carbocycles. The van der Waals surface area contributed by atoms with Crippen LogP contribution in [0.25, 0.3) is 0 Å². The molecule has 0 bridgehead atoms. The fraction of sp³-hybridized carbons (Fsp3) is 0.769. The summed E-state index contributed by atoms with van der Waals surface area (Å²) in [7, 11) is 0. The molecule has 0 aliphatic heterocycles. The Balaban J connectivity index is 2.26. The van der Waals surface area contributed by atoms with Crippen molar-refractivity contribution in [1.82, 2.24) is 10.5 Å². The Bertz CT molecular complexity index is 283. The Labute approximate surface area is 98.6 Å². The van der Waals surface area contributed by atoms with E-state index in [1.54, 1.807) is 0 Å². The minimum Gasteiger partial charge on any atom is -0.361 e. The molecule has 92 valence electrons. The summed E-state index contributed by atoms with van der Waals surface area (Å²) in [6.07, 6.45) is 3.53. The van der Waals surface area contributed by atoms with Crippen LogP contribution in [-0.4, -0.2) is 18.2 Å². The Morgan fingerprint density at radius 2 is 1.94 bits per heavy atom. The van der Waals surface area contributed by atoms with Crippen LogP contribution in [-0.2, 0) is 6.42 Å². The van der Waals surface area contributed by atoms with E-state index in [0.717, 1.165) is 36.9 Å². The number of aryl methyl sites for hydroxylation is 2. The molecule has 1 aromatic heterocycles. The van der Waals surface area contributed by atoms with Crippen LogP contribution >= 0.6 is 0 Å². The molecule has 0 saturated carbocycles. The lowest BCUT2D eigenvalue weighted by atomic mass is 10.0. The van der Waals surface area contributed by atoms with Gasteiger partial charge in [0.15, 0.2) is 0 Å². The third kappa shape index (κ3) is 3.63. The molecule has 3 nitrogen and oxygen atoms in total. The van der Waals surface area contributed by atoms with Crippen molar-refractivity contribution >= 4 is 0 Å². The number of hydrogen-bond acceptors (Lipinski definition) is 3. The first-order valence-corrected chi connectivity index (χ1v) is 6.31. The number of hydrogen-bond donors (Lipinski definition) is 1. The summed E-state index contributed by atoms with van der Waals surface area (Å²) in [6, 6.07) is 0. The monoisotopic (exact) mass is 224 g/mol. The SMILES string of the molecule is CCC(CC)CNCCc1c(C)noc1C. The summed E-state index contributed by atoms with van der Waals surface area (Å²) in [5, 5.41) is 7.47. The van der Waals surface area contributed by atoms with Crippen LogP contribution in [0.15, 0.2) is 4.52 Å². The zero-order valence-corrected chi connectivity index (χ0v) is 11.0. The van der Waals surface area contributed by atoms with E-state index in [9.17, 15) is 0 Å². The van der Waals surface area contributed by atoms with Crippen molar-refractivity contribution in [2.24, 2.45) is 5.92 Å². The number of nitrogens with zero attached hydrogens (tertiary/aromatic N) is 1. The molecule has 0 spiro atoms. The van der Waals surface area contributed by atoms with E-state index in [0.29, 0.717) is 0 Å². The fourth-order valence-corrected chi connectivity index (χ4v) is 1.96. The Kier molecular flexibility index (Phi) is 5.53. The molecule has 0 atom stereocenters. The topological polar surface area (TPSA) is 38.1 Å². The van der Waals surface area contributed by atoms with Gasteiger partial charge >= 0.3 is 0 Å². The van der Waals surface area contributed by atoms with Crippen molar-refractivity contribution < 1.29 is 4.52 Å². The van der Waals surface area contributed by atoms with Crippen molar-refractivity contribution in [3.05, 3.63) is 17.0 Å². The second-order valence-electron chi connectivity index (χ2n) is 4.44. The molecular formula is C13H24N2O. The van der Waals surface area contributed by atoms with Crippen LogP contribution in [0.5, 0.6) is 0 Å². The molecule has 1 heterocycles. The van der Waals surface area contributed by atoms with Crippen molar-refractivity contribution in [3.63, 3.8) is 0 Å². The largest absolute Gasteiger partial charge is 0.361 e. The minimum atomic E-state index is 0.810. The molecule has 0 aliphatic rings. The molecule has 1 rings (SSSR count). The molecule has 0 radical (unpaired) electrons. The van der Waals surface area contributed by atoms with Crippen molar-refractivity contribution in [2.75, 3.05) is 13.1 Å². The fourth-order valence-electron chi connectivity index (χ4n) is 1.96. The predicted octanol–water partition coefficient (Wildman–Crippen LogP) is 2.86. The van der Waals surface area contributed by atoms with Crippen LogP contribution in [0.4, 0.5) is 0 Å². The van der Waals surface area contributed by atoms with Gasteiger partial charge in [-0.2, -0.15) is 0 Å². The quantitative estimate of drug-likeness (QED) is 0.724. The van der Waals surface area contributed by atoms with Gasteiger partial charge in [-0.15, -0.1) is 0 Å². The lowest BCUT2D eigenvalue weighted by Gasteiger charge is -2.12. The predicted molar refractivity (Wildman–Crippen MR) is 66.6 cm³/mol. The van der Waals surface area contributed by atoms with Crippen molar-refractivity contribution in [3.8, 4) is 0 Å². The first-order valence-electron chi connectivity index (χ1n) is 6.31. The highest BCUT2D eigenvalue weighted by atomic mass is 16.5. The van der Waals surface area contributed by atoms with Crippen LogP contribution in [0, 0.1) is 19.8 Å². The van der Waals surface area contributed by atoms with Gasteiger partial charge in [0.2, 0.25) is 0 Å². The standard InChI is InChI=1S/C13H24N2O/c1-5-12(6-2)9-14-8-7-13-10(3)15-16-11(13)4/h12,14H,5-9H2,1-4H3. The minimum absolute atomic E-state index is 0.810. The van der Waals surface area contributed by atoms with Gasteiger partial charge in [0, 0.05) is 5.56 Å². The summed E-state index contributed by atoms with van der Waals surface area (Å²) in [4.78, 5) is 0. The van der Waals surface area contributed by atoms with Gasteiger partial charge in [0.05, 0.1) is 5.69 Å². The van der Waals surface area contributed by atoms with Crippen LogP contribution in [0.1, 0.15) is 43.7 Å². The molecule has 1 N–H and O–H groups in total. The third-order valence-corrected chi connectivity index (χ3v) is 3.32. The Morgan fingerprint density at radius 1 is 1.25 bits per heavy atom. The van der Waals surface area contributed by atoms with Gasteiger partial charge in [-0.25, -0.2) is 0 Å². The normalized spacial score (nSPS) is 11.3. The number of nitrogens with one attached hydrogen (secondary N) is 1. The summed E-state index contributed by atoms with van der Waals surface area (Å²) in [6.45, 7) is 10.6. The Morgan fingerprint density at radius 3 is 2.44 bits per heavy atom. The van der Waals surface area contributed by atoms with Gasteiger partial charge < -0.3 is 9.84 Å². The zero-order chi connectivity index (χ0) is 12.0. The molecule has 3 heteroatoms. The van der Waals surface area contributed by atoms with Gasteiger partial charge in [0.1, 0.15) is 5.76 Å². The van der Waals surface area contributed by atoms with Crippen LogP contribution in [0.3, 0.4) is 0 Å². The average molecular weight is 224 g/mol. The average Bonchev–Trinajstić information content (AvgIpc) is 2.60. The van der Waals surface area contributed by atoms with E-state index in [2.05, 4.69) is 24.3 Å². The molecule has 1 aromatic rings. The molecule has 0 saturated heterocycles. The molecule has 0 aromatic carbocycles. The molecule has 0 fully saturated rings. The second-order valence-corrected chi connectivity index (χ2v) is 4.44. The first kappa shape index (κ1) is 13.2. The molecule has 0 unspecified atom stereocenters. The van der Waals surface area contributed by atoms with Crippen molar-refractivity contribution in [1.29, 1.82) is 0 Å². The first-order chi connectivity index (χ1) is 7.69. The third-order valence-electron chi connectivity index (χ3n) is 3.32. The number of rotatable bonds is 7. The second kappa shape index (κ2) is 6.69. The summed E-state index contributed by atoms with van der Waals surface area (Å²) < 4.78 is 5.14. The maximum Gasteiger partial charge on any atom is 0.137 e. The maximum absolute atomic E-state index is 5.14. The highest BCUT2D eigenvalue weighted by Gasteiger charge is 2.08. The van der Waals surface area contributed by atoms with E-state index in [-0.39, 0.29) is 0 Å². The van der Waals surface area contributed by atoms with E-state index < -0.39 is 0 Å². The molecule has 0 amide bonds. The van der Waals surface area contributed by atoms with Gasteiger partial charge in [-0.1, -0.05) is 31.8 Å². The summed E-state index contributed by atoms with van der Waals surface area (Å²) in [5.41, 5.74) is 2.29. The molecular weight excluding hydrogens is 200 g/mol. The van der Waals surface area contributed by atoms with E-state index in [1.165, 1.54) is 18.4 Å². The van der Waals surface area contributed by atoms with Gasteiger partial charge in [-0.3, -0.25) is 0 Å². The highest BCUT2D eigenvalue weighted by molar-refractivity contribution is 5.20.